The highest BCUT2D eigenvalue weighted by molar-refractivity contribution is 5.60. The number of nitrogens with two attached hydrogens (primary N) is 1. The van der Waals surface area contributed by atoms with Crippen LogP contribution in [-0.4, -0.2) is 30.3 Å². The standard InChI is InChI=1S/C15H16FN5O2.C2H6/c1-22-4-5-23-15-20-9-13(18)14(21-15)19-8-11-3-2-10(7-17)6-12(11)16;1-2/h2-3,6,9H,4-5,8,18H2,1H3,(H,19,20,21);1-2H3. The van der Waals surface area contributed by atoms with E-state index in [1.165, 1.54) is 18.3 Å². The van der Waals surface area contributed by atoms with E-state index in [4.69, 9.17) is 20.5 Å². The number of rotatable bonds is 7. The van der Waals surface area contributed by atoms with E-state index in [0.29, 0.717) is 30.3 Å². The summed E-state index contributed by atoms with van der Waals surface area (Å²) in [7, 11) is 1.56. The smallest absolute Gasteiger partial charge is 0.318 e. The number of nitrogens with zero attached hydrogens (tertiary/aromatic N) is 3. The molecule has 8 heteroatoms. The highest BCUT2D eigenvalue weighted by Crippen LogP contribution is 2.19. The first kappa shape index (κ1) is 20.1. The minimum Gasteiger partial charge on any atom is -0.461 e. The number of halogens is 1. The fraction of sp³-hybridized carbons (Fsp3) is 0.353. The van der Waals surface area contributed by atoms with Gasteiger partial charge in [-0.15, -0.1) is 0 Å². The molecule has 7 nitrogen and oxygen atoms in total. The molecule has 0 saturated carbocycles. The molecular weight excluding hydrogens is 325 g/mol. The SMILES string of the molecule is CC.COCCOc1ncc(N)c(NCc2ccc(C#N)cc2F)n1. The molecule has 0 fully saturated rings. The van der Waals surface area contributed by atoms with E-state index >= 15 is 0 Å². The lowest BCUT2D eigenvalue weighted by Gasteiger charge is -2.10. The molecule has 1 aromatic heterocycles. The molecule has 0 radical (unpaired) electrons. The van der Waals surface area contributed by atoms with Crippen LogP contribution >= 0.6 is 0 Å². The number of hydrogen-bond acceptors (Lipinski definition) is 7. The maximum Gasteiger partial charge on any atom is 0.318 e. The zero-order valence-corrected chi connectivity index (χ0v) is 14.5. The van der Waals surface area contributed by atoms with Gasteiger partial charge in [0.05, 0.1) is 30.1 Å². The van der Waals surface area contributed by atoms with Crippen molar-refractivity contribution in [2.24, 2.45) is 0 Å². The summed E-state index contributed by atoms with van der Waals surface area (Å²) in [4.78, 5) is 8.06. The maximum absolute atomic E-state index is 13.8. The minimum absolute atomic E-state index is 0.152. The first-order chi connectivity index (χ1) is 12.1. The van der Waals surface area contributed by atoms with Gasteiger partial charge in [-0.2, -0.15) is 10.2 Å². The summed E-state index contributed by atoms with van der Waals surface area (Å²) in [6.45, 7) is 4.88. The molecule has 134 valence electrons. The summed E-state index contributed by atoms with van der Waals surface area (Å²) in [6, 6.07) is 6.29. The van der Waals surface area contributed by atoms with Crippen LogP contribution in [0.3, 0.4) is 0 Å². The number of benzene rings is 1. The summed E-state index contributed by atoms with van der Waals surface area (Å²) in [5.41, 5.74) is 6.76. The van der Waals surface area contributed by atoms with Crippen LogP contribution in [0.5, 0.6) is 6.01 Å². The highest BCUT2D eigenvalue weighted by Gasteiger charge is 2.08. The van der Waals surface area contributed by atoms with Crippen LogP contribution in [0.25, 0.3) is 0 Å². The Bertz CT molecular complexity index is 719. The molecule has 25 heavy (non-hydrogen) atoms. The van der Waals surface area contributed by atoms with Crippen molar-refractivity contribution in [2.45, 2.75) is 20.4 Å². The van der Waals surface area contributed by atoms with E-state index in [-0.39, 0.29) is 18.1 Å². The topological polar surface area (TPSA) is 106 Å². The third-order valence-electron chi connectivity index (χ3n) is 2.94. The van der Waals surface area contributed by atoms with Gasteiger partial charge in [-0.1, -0.05) is 19.9 Å². The van der Waals surface area contributed by atoms with Gasteiger partial charge >= 0.3 is 6.01 Å². The van der Waals surface area contributed by atoms with Gasteiger partial charge in [0.1, 0.15) is 12.4 Å². The van der Waals surface area contributed by atoms with Gasteiger partial charge in [-0.3, -0.25) is 0 Å². The van der Waals surface area contributed by atoms with Gasteiger partial charge < -0.3 is 20.5 Å². The van der Waals surface area contributed by atoms with Crippen molar-refractivity contribution in [3.8, 4) is 12.1 Å². The second-order valence-electron chi connectivity index (χ2n) is 4.57. The minimum atomic E-state index is -0.472. The molecule has 1 aromatic carbocycles. The monoisotopic (exact) mass is 347 g/mol. The van der Waals surface area contributed by atoms with Crippen molar-refractivity contribution in [3.05, 3.63) is 41.3 Å². The van der Waals surface area contributed by atoms with E-state index in [2.05, 4.69) is 15.3 Å². The summed E-state index contributed by atoms with van der Waals surface area (Å²) in [6.07, 6.45) is 1.41. The number of nitriles is 1. The average molecular weight is 347 g/mol. The number of methoxy groups -OCH3 is 1. The van der Waals surface area contributed by atoms with Gasteiger partial charge in [0, 0.05) is 19.2 Å². The average Bonchev–Trinajstić information content (AvgIpc) is 2.64. The molecule has 2 rings (SSSR count). The van der Waals surface area contributed by atoms with Crippen molar-refractivity contribution >= 4 is 11.5 Å². The van der Waals surface area contributed by atoms with E-state index in [1.54, 1.807) is 13.2 Å². The molecule has 2 aromatic rings. The van der Waals surface area contributed by atoms with E-state index in [9.17, 15) is 4.39 Å². The molecule has 0 saturated heterocycles. The van der Waals surface area contributed by atoms with E-state index < -0.39 is 5.82 Å². The third kappa shape index (κ3) is 6.24. The number of aromatic nitrogens is 2. The van der Waals surface area contributed by atoms with Crippen LogP contribution in [0.2, 0.25) is 0 Å². The zero-order chi connectivity index (χ0) is 18.7. The predicted octanol–water partition coefficient (Wildman–Crippen LogP) is 2.73. The number of anilines is 2. The number of hydrogen-bond donors (Lipinski definition) is 2. The van der Waals surface area contributed by atoms with Crippen molar-refractivity contribution in [2.75, 3.05) is 31.4 Å². The molecule has 0 bridgehead atoms. The van der Waals surface area contributed by atoms with Crippen LogP contribution in [0.4, 0.5) is 15.9 Å². The molecule has 1 heterocycles. The van der Waals surface area contributed by atoms with Gasteiger partial charge in [0.2, 0.25) is 0 Å². The van der Waals surface area contributed by atoms with Gasteiger partial charge in [0.15, 0.2) is 5.82 Å². The normalized spacial score (nSPS) is 9.56. The lowest BCUT2D eigenvalue weighted by molar-refractivity contribution is 0.141. The van der Waals surface area contributed by atoms with E-state index in [1.807, 2.05) is 19.9 Å². The molecule has 0 aliphatic carbocycles. The fourth-order valence-corrected chi connectivity index (χ4v) is 1.74. The summed E-state index contributed by atoms with van der Waals surface area (Å²) >= 11 is 0. The van der Waals surface area contributed by atoms with Crippen molar-refractivity contribution in [3.63, 3.8) is 0 Å². The molecule has 0 spiro atoms. The molecule has 0 unspecified atom stereocenters. The quantitative estimate of drug-likeness (QED) is 0.742. The van der Waals surface area contributed by atoms with Gasteiger partial charge in [-0.05, 0) is 12.1 Å². The summed E-state index contributed by atoms with van der Waals surface area (Å²) < 4.78 is 24.0. The number of nitrogens with one attached hydrogen (secondary N) is 1. The molecule has 3 N–H and O–H groups in total. The molecule has 0 atom stereocenters. The first-order valence-corrected chi connectivity index (χ1v) is 7.80. The lowest BCUT2D eigenvalue weighted by atomic mass is 10.1. The second-order valence-corrected chi connectivity index (χ2v) is 4.57. The van der Waals surface area contributed by atoms with Crippen LogP contribution in [0, 0.1) is 17.1 Å². The Morgan fingerprint density at radius 1 is 1.32 bits per heavy atom. The van der Waals surface area contributed by atoms with Crippen molar-refractivity contribution in [1.82, 2.24) is 9.97 Å². The Balaban J connectivity index is 0.00000151. The Kier molecular flexibility index (Phi) is 8.68. The number of ether oxygens (including phenoxy) is 2. The predicted molar refractivity (Wildman–Crippen MR) is 93.6 cm³/mol. The Labute approximate surface area is 146 Å². The summed E-state index contributed by atoms with van der Waals surface area (Å²) in [5, 5.41) is 11.7. The first-order valence-electron chi connectivity index (χ1n) is 7.80. The van der Waals surface area contributed by atoms with Gasteiger partial charge in [-0.25, -0.2) is 9.37 Å². The molecule has 0 aliphatic heterocycles. The fourth-order valence-electron chi connectivity index (χ4n) is 1.74. The van der Waals surface area contributed by atoms with Crippen LogP contribution in [0.1, 0.15) is 25.0 Å². The molecule has 0 amide bonds. The van der Waals surface area contributed by atoms with E-state index in [0.717, 1.165) is 0 Å². The second kappa shape index (κ2) is 10.8. The van der Waals surface area contributed by atoms with Crippen molar-refractivity contribution < 1.29 is 13.9 Å². The molecule has 0 aliphatic rings. The molecular formula is C17H22FN5O2. The number of nitrogen functional groups attached to an aromatic ring is 1. The lowest BCUT2D eigenvalue weighted by Crippen LogP contribution is -2.10. The van der Waals surface area contributed by atoms with Crippen LogP contribution in [-0.2, 0) is 11.3 Å². The highest BCUT2D eigenvalue weighted by atomic mass is 19.1. The summed E-state index contributed by atoms with van der Waals surface area (Å²) in [5.74, 6) is -0.128. The Hall–Kier alpha value is -2.92. The zero-order valence-electron chi connectivity index (χ0n) is 14.5. The van der Waals surface area contributed by atoms with Crippen LogP contribution < -0.4 is 15.8 Å². The Morgan fingerprint density at radius 2 is 2.08 bits per heavy atom. The largest absolute Gasteiger partial charge is 0.461 e. The maximum atomic E-state index is 13.8. The van der Waals surface area contributed by atoms with Crippen LogP contribution in [0.15, 0.2) is 24.4 Å². The third-order valence-corrected chi connectivity index (χ3v) is 2.94. The Morgan fingerprint density at radius 3 is 2.72 bits per heavy atom. The van der Waals surface area contributed by atoms with Gasteiger partial charge in [0.25, 0.3) is 0 Å². The van der Waals surface area contributed by atoms with Crippen molar-refractivity contribution in [1.29, 1.82) is 5.26 Å².